The number of rotatable bonds is 18. The number of aromatic nitrogens is 2. The van der Waals surface area contributed by atoms with Crippen LogP contribution in [0.4, 0.5) is 17.2 Å². The molecule has 1 aliphatic carbocycles. The number of benzene rings is 4. The summed E-state index contributed by atoms with van der Waals surface area (Å²) in [5, 5.41) is 27.6. The predicted octanol–water partition coefficient (Wildman–Crippen LogP) is 5.24. The maximum atomic E-state index is 13.7. The summed E-state index contributed by atoms with van der Waals surface area (Å²) in [6.07, 6.45) is -3.64. The van der Waals surface area contributed by atoms with Crippen LogP contribution in [-0.4, -0.2) is 105 Å². The number of nitrogens with one attached hydrogen (secondary N) is 1. The molecule has 1 amide bonds. The molecule has 1 aromatic heterocycles. The van der Waals surface area contributed by atoms with E-state index in [1.807, 2.05) is 74.1 Å². The smallest absolute Gasteiger partial charge is 0.456 e. The van der Waals surface area contributed by atoms with E-state index in [1.54, 1.807) is 39.0 Å². The Morgan fingerprint density at radius 1 is 1.01 bits per heavy atom. The van der Waals surface area contributed by atoms with Crippen LogP contribution in [-0.2, 0) is 42.9 Å². The minimum absolute atomic E-state index is 0.108. The number of fused-ring (bicyclic) bond motifs is 2. The Bertz CT molecular complexity index is 3650. The van der Waals surface area contributed by atoms with Crippen molar-refractivity contribution in [1.29, 1.82) is 0 Å². The highest BCUT2D eigenvalue weighted by molar-refractivity contribution is 7.66. The summed E-state index contributed by atoms with van der Waals surface area (Å²) in [4.78, 5) is 93.8. The molecule has 414 valence electrons. The van der Waals surface area contributed by atoms with E-state index >= 15 is 0 Å². The molecule has 8 N–H and O–H groups in total. The zero-order valence-corrected chi connectivity index (χ0v) is 45.5. The number of nitro benzene ring substituents is 1. The first-order valence-electron chi connectivity index (χ1n) is 23.4. The fraction of sp³-hybridized carbons (Fsp3) is 0.327. The first kappa shape index (κ1) is 58.9. The van der Waals surface area contributed by atoms with Gasteiger partial charge in [-0.25, -0.2) is 23.1 Å². The first-order valence-corrected chi connectivity index (χ1v) is 27.9. The second-order valence-electron chi connectivity index (χ2n) is 19.3. The van der Waals surface area contributed by atoms with Crippen molar-refractivity contribution in [2.75, 3.05) is 52.0 Å². The van der Waals surface area contributed by atoms with Gasteiger partial charge in [0.05, 0.1) is 48.5 Å². The van der Waals surface area contributed by atoms with E-state index in [1.165, 1.54) is 24.4 Å². The number of nitrogens with two attached hydrogens (primary N) is 1. The van der Waals surface area contributed by atoms with E-state index in [9.17, 15) is 53.1 Å². The monoisotopic (exact) mass is 1140 g/mol. The molecule has 26 nitrogen and oxygen atoms in total. The lowest BCUT2D eigenvalue weighted by Gasteiger charge is -2.31. The van der Waals surface area contributed by atoms with Crippen LogP contribution in [0.1, 0.15) is 76.9 Å². The molecular weight excluding hydrogens is 1080 g/mol. The number of hydrogen-bond donors (Lipinski definition) is 7. The maximum Gasteiger partial charge on any atom is 0.490 e. The van der Waals surface area contributed by atoms with E-state index in [0.717, 1.165) is 32.8 Å². The Morgan fingerprint density at radius 2 is 1.74 bits per heavy atom. The highest BCUT2D eigenvalue weighted by atomic mass is 31.3. The minimum Gasteiger partial charge on any atom is -0.456 e. The first-order chi connectivity index (χ1) is 36.4. The van der Waals surface area contributed by atoms with Crippen molar-refractivity contribution in [1.82, 2.24) is 19.4 Å². The summed E-state index contributed by atoms with van der Waals surface area (Å²) in [5.74, 6) is 5.51. The number of aliphatic hydroxyl groups is 1. The van der Waals surface area contributed by atoms with Gasteiger partial charge in [0.25, 0.3) is 11.6 Å². The van der Waals surface area contributed by atoms with Crippen molar-refractivity contribution in [2.45, 2.75) is 58.3 Å². The lowest BCUT2D eigenvalue weighted by molar-refractivity contribution is -0.386. The average Bonchev–Trinajstić information content (AvgIpc) is 3.82. The summed E-state index contributed by atoms with van der Waals surface area (Å²) in [6, 6.07) is 20.6. The number of aldehydes is 1. The lowest BCUT2D eigenvalue weighted by Crippen LogP contribution is -2.30. The van der Waals surface area contributed by atoms with Crippen LogP contribution in [0.3, 0.4) is 0 Å². The van der Waals surface area contributed by atoms with Gasteiger partial charge < -0.3 is 54.5 Å². The number of hydrogen-bond acceptors (Lipinski definition) is 18. The summed E-state index contributed by atoms with van der Waals surface area (Å²) >= 11 is 0. The molecule has 6 atom stereocenters. The number of carbonyl (C=O) groups is 2. The molecule has 3 unspecified atom stereocenters. The second-order valence-corrected chi connectivity index (χ2v) is 23.7. The number of phosphoric acid groups is 3. The Morgan fingerprint density at radius 3 is 2.40 bits per heavy atom. The predicted molar refractivity (Wildman–Crippen MR) is 282 cm³/mol. The average molecular weight is 1140 g/mol. The molecule has 0 spiro atoms. The topological polar surface area (TPSA) is 368 Å². The van der Waals surface area contributed by atoms with Crippen molar-refractivity contribution >= 4 is 63.8 Å². The Hall–Kier alpha value is -6.78. The molecule has 29 heteroatoms. The van der Waals surface area contributed by atoms with Crippen LogP contribution in [0.15, 0.2) is 88.2 Å². The van der Waals surface area contributed by atoms with Crippen LogP contribution in [0.25, 0.3) is 33.4 Å². The fourth-order valence-electron chi connectivity index (χ4n) is 8.43. The van der Waals surface area contributed by atoms with E-state index in [-0.39, 0.29) is 53.3 Å². The quantitative estimate of drug-likeness (QED) is 0.0110. The van der Waals surface area contributed by atoms with Gasteiger partial charge in [-0.15, -0.1) is 0 Å². The Labute approximate surface area is 444 Å². The third-order valence-electron chi connectivity index (χ3n) is 12.1. The number of anilines is 2. The molecule has 4 aromatic rings. The van der Waals surface area contributed by atoms with Gasteiger partial charge in [0, 0.05) is 89.4 Å². The number of nitrogens with zero attached hydrogens (tertiary/aromatic N) is 5. The molecular formula is C49H55N7O19P3+. The number of aliphatic hydroxyl groups excluding tert-OH is 1. The highest BCUT2D eigenvalue weighted by Crippen LogP contribution is 2.66. The third-order valence-corrected chi connectivity index (χ3v) is 15.9. The summed E-state index contributed by atoms with van der Waals surface area (Å²) in [6.45, 7) is 3.79. The molecule has 3 aromatic carbocycles. The van der Waals surface area contributed by atoms with E-state index in [4.69, 9.17) is 29.4 Å². The van der Waals surface area contributed by atoms with Crippen molar-refractivity contribution < 1.29 is 79.9 Å². The minimum atomic E-state index is -5.83. The number of phosphoric ester groups is 1. The number of nitro groups is 1. The van der Waals surface area contributed by atoms with Gasteiger partial charge >= 0.3 is 29.2 Å². The summed E-state index contributed by atoms with van der Waals surface area (Å²) in [5.41, 5.74) is 8.51. The fourth-order valence-corrected chi connectivity index (χ4v) is 11.5. The van der Waals surface area contributed by atoms with Gasteiger partial charge in [-0.3, -0.25) is 28.8 Å². The number of amides is 1. The Kier molecular flexibility index (Phi) is 17.6. The molecule has 1 saturated heterocycles. The number of ether oxygens (including phenoxy) is 2. The van der Waals surface area contributed by atoms with Crippen LogP contribution >= 0.6 is 23.5 Å². The molecule has 3 aliphatic rings. The van der Waals surface area contributed by atoms with Gasteiger partial charge in [-0.05, 0) is 53.4 Å². The van der Waals surface area contributed by atoms with Gasteiger partial charge in [0.15, 0.2) is 6.29 Å². The van der Waals surface area contributed by atoms with Crippen molar-refractivity contribution in [3.05, 3.63) is 133 Å². The van der Waals surface area contributed by atoms with Crippen LogP contribution < -0.4 is 31.6 Å². The molecule has 3 heterocycles. The SMILES string of the molecule is CN(C)c1ccc2c(-c3cc(C(=O)NCC#Cc4ccc(C(OCc5cn([C@H]6C[C@@H](O)[C@@H](COP(=O)(O)OP(=O)(O)OP(=O)(O)O)O6)c(=O)nc5N)C(C)(C)C)c([N+](=O)[O-])c4)ccc3C=O)c3ccc(=[N+](C)C)cc-3oc2c1. The standard InChI is InChI=1S/C49H54N7O19P3/c1-49(2,3)45(70-26-31-24-55(48(60)52-46(31)50)43-23-39(58)42(73-43)27-71-77(66,67)75-78(68,69)74-76(63,64)65)34-15-10-28(19-38(34)56(61)62)9-8-18-51-47(59)29-11-12-30(25-57)37(20-29)44-35-16-13-32(53(4)5)21-40(35)72-41-22-33(54(6)7)14-17-36(41)44/h10-17,19-22,24-25,39,42-43,45,58H,18,23,26-27H2,1-7H3,(H6-,50,51,52,59,60,63,64,65,66,67,68,69)/p+1/t39-,42-,43-,45?/m1/s1. The van der Waals surface area contributed by atoms with Crippen LogP contribution in [0.2, 0.25) is 0 Å². The van der Waals surface area contributed by atoms with E-state index < -0.39 is 76.5 Å². The summed E-state index contributed by atoms with van der Waals surface area (Å²) < 4.78 is 68.1. The maximum absolute atomic E-state index is 13.7. The highest BCUT2D eigenvalue weighted by Gasteiger charge is 2.43. The van der Waals surface area contributed by atoms with Crippen molar-refractivity contribution in [3.63, 3.8) is 0 Å². The molecule has 7 rings (SSSR count). The van der Waals surface area contributed by atoms with Crippen molar-refractivity contribution in [3.8, 4) is 34.3 Å². The lowest BCUT2D eigenvalue weighted by atomic mass is 9.83. The van der Waals surface area contributed by atoms with E-state index in [2.05, 4.69) is 35.3 Å². The third kappa shape index (κ3) is 14.1. The molecule has 0 radical (unpaired) electrons. The van der Waals surface area contributed by atoms with Gasteiger partial charge in [0.2, 0.25) is 5.36 Å². The van der Waals surface area contributed by atoms with Crippen LogP contribution in [0.5, 0.6) is 0 Å². The zero-order chi connectivity index (χ0) is 57.2. The Balaban J connectivity index is 1.06. The van der Waals surface area contributed by atoms with Crippen LogP contribution in [0, 0.1) is 27.4 Å². The van der Waals surface area contributed by atoms with Gasteiger partial charge in [-0.2, -0.15) is 13.6 Å². The molecule has 1 fully saturated rings. The molecule has 0 bridgehead atoms. The molecule has 78 heavy (non-hydrogen) atoms. The van der Waals surface area contributed by atoms with Gasteiger partial charge in [0.1, 0.15) is 43.6 Å². The second kappa shape index (κ2) is 23.3. The largest absolute Gasteiger partial charge is 0.490 e. The summed E-state index contributed by atoms with van der Waals surface area (Å²) in [7, 11) is -9.39. The molecule has 2 aliphatic heterocycles. The number of carbonyl (C=O) groups excluding carboxylic acids is 2. The normalized spacial score (nSPS) is 17.6. The van der Waals surface area contributed by atoms with Crippen molar-refractivity contribution in [2.24, 2.45) is 5.41 Å². The zero-order valence-electron chi connectivity index (χ0n) is 42.8. The molecule has 0 saturated carbocycles. The van der Waals surface area contributed by atoms with E-state index in [0.29, 0.717) is 28.0 Å². The number of nitrogen functional groups attached to an aromatic ring is 1. The van der Waals surface area contributed by atoms with Gasteiger partial charge in [-0.1, -0.05) is 38.7 Å².